The van der Waals surface area contributed by atoms with Gasteiger partial charge in [-0.1, -0.05) is 12.5 Å². The molecule has 1 aliphatic carbocycles. The van der Waals surface area contributed by atoms with Gasteiger partial charge in [0.05, 0.1) is 5.69 Å². The first-order valence-electron chi connectivity index (χ1n) is 6.79. The van der Waals surface area contributed by atoms with Gasteiger partial charge >= 0.3 is 0 Å². The second kappa shape index (κ2) is 6.10. The van der Waals surface area contributed by atoms with Crippen LogP contribution in [0.25, 0.3) is 0 Å². The number of hydrogen-bond acceptors (Lipinski definition) is 3. The van der Waals surface area contributed by atoms with E-state index in [1.54, 1.807) is 0 Å². The zero-order chi connectivity index (χ0) is 13.0. The number of pyridine rings is 1. The molecule has 1 unspecified atom stereocenters. The van der Waals surface area contributed by atoms with Gasteiger partial charge in [0.15, 0.2) is 0 Å². The largest absolute Gasteiger partial charge is 0.300 e. The molecule has 1 atom stereocenters. The number of rotatable bonds is 4. The Balaban J connectivity index is 1.88. The first-order valence-corrected chi connectivity index (χ1v) is 6.79. The number of nitrogens with zero attached hydrogens (tertiary/aromatic N) is 2. The van der Waals surface area contributed by atoms with Crippen molar-refractivity contribution in [2.24, 2.45) is 5.92 Å². The highest BCUT2D eigenvalue weighted by molar-refractivity contribution is 5.81. The number of carbonyl (C=O) groups excluding carboxylic acids is 1. The van der Waals surface area contributed by atoms with E-state index in [-0.39, 0.29) is 5.92 Å². The number of carbonyl (C=O) groups is 1. The standard InChI is InChI=1S/C15H22N2O/c1-12-6-5-8-14(16-12)11-17(2)10-13-7-3-4-9-15(13)18/h5-6,8,13H,3-4,7,9-11H2,1-2H3. The van der Waals surface area contributed by atoms with Crippen molar-refractivity contribution in [1.29, 1.82) is 0 Å². The monoisotopic (exact) mass is 246 g/mol. The average Bonchev–Trinajstić information content (AvgIpc) is 2.32. The Hall–Kier alpha value is -1.22. The molecule has 0 N–H and O–H groups in total. The molecule has 2 rings (SSSR count). The third-order valence-electron chi connectivity index (χ3n) is 3.59. The zero-order valence-corrected chi connectivity index (χ0v) is 11.4. The number of aromatic nitrogens is 1. The van der Waals surface area contributed by atoms with E-state index in [0.29, 0.717) is 5.78 Å². The third-order valence-corrected chi connectivity index (χ3v) is 3.59. The molecule has 0 bridgehead atoms. The molecule has 1 aliphatic rings. The van der Waals surface area contributed by atoms with Gasteiger partial charge < -0.3 is 0 Å². The van der Waals surface area contributed by atoms with Crippen LogP contribution in [-0.2, 0) is 11.3 Å². The number of Topliss-reactive ketones (excluding diaryl/α,β-unsaturated/α-hetero) is 1. The quantitative estimate of drug-likeness (QED) is 0.818. The molecule has 1 heterocycles. The van der Waals surface area contributed by atoms with Crippen LogP contribution in [0.2, 0.25) is 0 Å². The van der Waals surface area contributed by atoms with Gasteiger partial charge in [-0.2, -0.15) is 0 Å². The molecule has 1 fully saturated rings. The maximum Gasteiger partial charge on any atom is 0.137 e. The van der Waals surface area contributed by atoms with Gasteiger partial charge in [0.25, 0.3) is 0 Å². The molecule has 18 heavy (non-hydrogen) atoms. The normalized spacial score (nSPS) is 20.4. The van der Waals surface area contributed by atoms with E-state index in [1.807, 2.05) is 25.1 Å². The minimum atomic E-state index is 0.244. The minimum absolute atomic E-state index is 0.244. The van der Waals surface area contributed by atoms with Gasteiger partial charge in [0.2, 0.25) is 0 Å². The molecule has 0 aromatic carbocycles. The van der Waals surface area contributed by atoms with E-state index in [4.69, 9.17) is 0 Å². The van der Waals surface area contributed by atoms with Crippen LogP contribution in [-0.4, -0.2) is 29.3 Å². The van der Waals surface area contributed by atoms with Crippen molar-refractivity contribution in [3.63, 3.8) is 0 Å². The summed E-state index contributed by atoms with van der Waals surface area (Å²) in [6, 6.07) is 6.09. The van der Waals surface area contributed by atoms with Crippen molar-refractivity contribution in [1.82, 2.24) is 9.88 Å². The Morgan fingerprint density at radius 3 is 2.94 bits per heavy atom. The van der Waals surface area contributed by atoms with E-state index in [9.17, 15) is 4.79 Å². The maximum absolute atomic E-state index is 11.8. The summed E-state index contributed by atoms with van der Waals surface area (Å²) in [7, 11) is 2.08. The molecule has 1 saturated carbocycles. The van der Waals surface area contributed by atoms with Gasteiger partial charge in [-0.05, 0) is 38.9 Å². The summed E-state index contributed by atoms with van der Waals surface area (Å²) in [5.41, 5.74) is 2.13. The molecule has 1 aromatic heterocycles. The third kappa shape index (κ3) is 3.64. The predicted octanol–water partition coefficient (Wildman–Crippen LogP) is 2.58. The molecule has 0 saturated heterocycles. The lowest BCUT2D eigenvalue weighted by atomic mass is 9.87. The Kier molecular flexibility index (Phi) is 4.48. The topological polar surface area (TPSA) is 33.2 Å². The fourth-order valence-electron chi connectivity index (χ4n) is 2.65. The van der Waals surface area contributed by atoms with Crippen LogP contribution in [0.4, 0.5) is 0 Å². The first-order chi connectivity index (χ1) is 8.65. The highest BCUT2D eigenvalue weighted by atomic mass is 16.1. The lowest BCUT2D eigenvalue weighted by Gasteiger charge is -2.25. The smallest absolute Gasteiger partial charge is 0.137 e. The molecule has 3 nitrogen and oxygen atoms in total. The lowest BCUT2D eigenvalue weighted by molar-refractivity contribution is -0.125. The summed E-state index contributed by atoms with van der Waals surface area (Å²) >= 11 is 0. The summed E-state index contributed by atoms with van der Waals surface area (Å²) in [6.07, 6.45) is 4.12. The van der Waals surface area contributed by atoms with Crippen LogP contribution in [0.5, 0.6) is 0 Å². The molecule has 98 valence electrons. The molecule has 3 heteroatoms. The first kappa shape index (κ1) is 13.2. The number of hydrogen-bond donors (Lipinski definition) is 0. The van der Waals surface area contributed by atoms with Crippen molar-refractivity contribution in [2.45, 2.75) is 39.2 Å². The average molecular weight is 246 g/mol. The fourth-order valence-corrected chi connectivity index (χ4v) is 2.65. The van der Waals surface area contributed by atoms with Gasteiger partial charge in [-0.15, -0.1) is 0 Å². The van der Waals surface area contributed by atoms with Crippen molar-refractivity contribution >= 4 is 5.78 Å². The summed E-state index contributed by atoms with van der Waals surface area (Å²) < 4.78 is 0. The number of ketones is 1. The SMILES string of the molecule is Cc1cccc(CN(C)CC2CCCCC2=O)n1. The predicted molar refractivity (Wildman–Crippen MR) is 72.3 cm³/mol. The summed E-state index contributed by atoms with van der Waals surface area (Å²) in [5.74, 6) is 0.693. The van der Waals surface area contributed by atoms with Crippen molar-refractivity contribution in [2.75, 3.05) is 13.6 Å². The van der Waals surface area contributed by atoms with Gasteiger partial charge in [-0.25, -0.2) is 0 Å². The molecule has 0 aliphatic heterocycles. The molecule has 0 spiro atoms. The Morgan fingerprint density at radius 1 is 1.39 bits per heavy atom. The zero-order valence-electron chi connectivity index (χ0n) is 11.4. The summed E-state index contributed by atoms with van der Waals surface area (Å²) in [5, 5.41) is 0. The van der Waals surface area contributed by atoms with Crippen LogP contribution in [0.15, 0.2) is 18.2 Å². The van der Waals surface area contributed by atoms with E-state index in [2.05, 4.69) is 16.9 Å². The molecule has 0 radical (unpaired) electrons. The Morgan fingerprint density at radius 2 is 2.22 bits per heavy atom. The van der Waals surface area contributed by atoms with E-state index in [1.165, 1.54) is 6.42 Å². The van der Waals surface area contributed by atoms with E-state index < -0.39 is 0 Å². The highest BCUT2D eigenvalue weighted by Gasteiger charge is 2.23. The van der Waals surface area contributed by atoms with Crippen LogP contribution in [0.1, 0.15) is 37.1 Å². The summed E-state index contributed by atoms with van der Waals surface area (Å²) in [4.78, 5) is 18.5. The van der Waals surface area contributed by atoms with Crippen molar-refractivity contribution in [3.8, 4) is 0 Å². The fraction of sp³-hybridized carbons (Fsp3) is 0.600. The van der Waals surface area contributed by atoms with Crippen molar-refractivity contribution in [3.05, 3.63) is 29.6 Å². The van der Waals surface area contributed by atoms with Crippen molar-refractivity contribution < 1.29 is 4.79 Å². The Labute approximate surface area is 109 Å². The van der Waals surface area contributed by atoms with Gasteiger partial charge in [0, 0.05) is 31.1 Å². The lowest BCUT2D eigenvalue weighted by Crippen LogP contribution is -2.32. The van der Waals surface area contributed by atoms with Gasteiger partial charge in [0.1, 0.15) is 5.78 Å². The Bertz CT molecular complexity index is 417. The summed E-state index contributed by atoms with van der Waals surface area (Å²) in [6.45, 7) is 3.70. The maximum atomic E-state index is 11.8. The highest BCUT2D eigenvalue weighted by Crippen LogP contribution is 2.21. The number of aryl methyl sites for hydroxylation is 1. The minimum Gasteiger partial charge on any atom is -0.300 e. The second-order valence-electron chi connectivity index (χ2n) is 5.38. The van der Waals surface area contributed by atoms with E-state index >= 15 is 0 Å². The molecule has 0 amide bonds. The van der Waals surface area contributed by atoms with Crippen LogP contribution in [0.3, 0.4) is 0 Å². The molecular formula is C15H22N2O. The van der Waals surface area contributed by atoms with Crippen LogP contribution >= 0.6 is 0 Å². The van der Waals surface area contributed by atoms with Gasteiger partial charge in [-0.3, -0.25) is 14.7 Å². The second-order valence-corrected chi connectivity index (χ2v) is 5.38. The molecular weight excluding hydrogens is 224 g/mol. The van der Waals surface area contributed by atoms with Crippen LogP contribution < -0.4 is 0 Å². The molecule has 1 aromatic rings. The van der Waals surface area contributed by atoms with Crippen LogP contribution in [0, 0.1) is 12.8 Å². The van der Waals surface area contributed by atoms with E-state index in [0.717, 1.165) is 43.7 Å².